The second-order valence-corrected chi connectivity index (χ2v) is 0.861. The molecule has 0 saturated carbocycles. The van der Waals surface area contributed by atoms with E-state index >= 15 is 0 Å². The van der Waals surface area contributed by atoms with E-state index in [1.54, 1.807) is 0 Å². The predicted molar refractivity (Wildman–Crippen MR) is 26.6 cm³/mol. The molecule has 0 spiro atoms. The van der Waals surface area contributed by atoms with Crippen LogP contribution in [-0.2, 0) is 0 Å². The van der Waals surface area contributed by atoms with Gasteiger partial charge in [-0.3, -0.25) is 0 Å². The molecule has 0 aliphatic carbocycles. The summed E-state index contributed by atoms with van der Waals surface area (Å²) < 4.78 is 21.2. The van der Waals surface area contributed by atoms with Crippen LogP contribution in [0.25, 0.3) is 0 Å². The average Bonchev–Trinajstić information content (AvgIpc) is 1.65. The van der Waals surface area contributed by atoms with E-state index in [0.29, 0.717) is 0 Å². The fourth-order valence-electron chi connectivity index (χ4n) is 0. The summed E-state index contributed by atoms with van der Waals surface area (Å²) in [5, 5.41) is 13.9. The SMILES string of the molecule is CC=C(F)F.O=C(O)O. The van der Waals surface area contributed by atoms with E-state index in [1.165, 1.54) is 6.92 Å². The van der Waals surface area contributed by atoms with Crippen molar-refractivity contribution in [1.29, 1.82) is 0 Å². The largest absolute Gasteiger partial charge is 0.503 e. The van der Waals surface area contributed by atoms with Gasteiger partial charge in [0.1, 0.15) is 0 Å². The lowest BCUT2D eigenvalue weighted by atomic mass is 10.7. The molecule has 0 aromatic carbocycles. The number of halogens is 2. The van der Waals surface area contributed by atoms with E-state index in [0.717, 1.165) is 6.08 Å². The first-order valence-corrected chi connectivity index (χ1v) is 1.90. The summed E-state index contributed by atoms with van der Waals surface area (Å²) in [6.07, 6.45) is -2.70. The Kier molecular flexibility index (Phi) is 8.23. The van der Waals surface area contributed by atoms with Crippen LogP contribution in [0.2, 0.25) is 0 Å². The van der Waals surface area contributed by atoms with Crippen molar-refractivity contribution in [2.24, 2.45) is 0 Å². The van der Waals surface area contributed by atoms with Gasteiger partial charge < -0.3 is 10.2 Å². The molecule has 0 fully saturated rings. The highest BCUT2D eigenvalue weighted by molar-refractivity contribution is 5.53. The first kappa shape index (κ1) is 10.8. The third-order valence-electron chi connectivity index (χ3n) is 0.218. The summed E-state index contributed by atoms with van der Waals surface area (Å²) in [4.78, 5) is 8.56. The zero-order chi connectivity index (χ0) is 7.86. The maximum absolute atomic E-state index is 10.6. The van der Waals surface area contributed by atoms with E-state index < -0.39 is 12.2 Å². The molecule has 3 nitrogen and oxygen atoms in total. The Hall–Kier alpha value is -1.13. The number of hydrogen-bond donors (Lipinski definition) is 2. The molecule has 0 aromatic heterocycles. The molecule has 5 heteroatoms. The topological polar surface area (TPSA) is 57.5 Å². The Morgan fingerprint density at radius 3 is 1.56 bits per heavy atom. The summed E-state index contributed by atoms with van der Waals surface area (Å²) in [5.74, 6) is 0. The summed E-state index contributed by atoms with van der Waals surface area (Å²) in [6.45, 7) is 1.29. The Balaban J connectivity index is 0. The highest BCUT2D eigenvalue weighted by Gasteiger charge is 1.74. The summed E-state index contributed by atoms with van der Waals surface area (Å²) >= 11 is 0. The Bertz CT molecular complexity index is 102. The molecule has 0 aliphatic rings. The lowest BCUT2D eigenvalue weighted by Gasteiger charge is -1.62. The van der Waals surface area contributed by atoms with Crippen molar-refractivity contribution in [3.05, 3.63) is 12.2 Å². The number of rotatable bonds is 0. The third kappa shape index (κ3) is 215. The summed E-state index contributed by atoms with van der Waals surface area (Å²) in [5.41, 5.74) is 0. The molecule has 0 atom stereocenters. The van der Waals surface area contributed by atoms with Crippen LogP contribution in [0.1, 0.15) is 6.92 Å². The highest BCUT2D eigenvalue weighted by atomic mass is 19.3. The molecule has 54 valence electrons. The minimum atomic E-state index is -1.83. The van der Waals surface area contributed by atoms with Crippen molar-refractivity contribution >= 4 is 6.16 Å². The van der Waals surface area contributed by atoms with Gasteiger partial charge in [0.25, 0.3) is 6.08 Å². The van der Waals surface area contributed by atoms with Crippen molar-refractivity contribution in [1.82, 2.24) is 0 Å². The van der Waals surface area contributed by atoms with E-state index in [4.69, 9.17) is 15.0 Å². The van der Waals surface area contributed by atoms with Crippen molar-refractivity contribution in [3.8, 4) is 0 Å². The first-order chi connectivity index (χ1) is 4.00. The van der Waals surface area contributed by atoms with Crippen molar-refractivity contribution in [3.63, 3.8) is 0 Å². The van der Waals surface area contributed by atoms with Gasteiger partial charge in [0.2, 0.25) is 0 Å². The standard InChI is InChI=1S/C3H4F2.CH2O3/c1-2-3(4)5;2-1(3)4/h2H,1H3;(H2,2,3,4). The van der Waals surface area contributed by atoms with Gasteiger partial charge >= 0.3 is 6.16 Å². The average molecular weight is 140 g/mol. The highest BCUT2D eigenvalue weighted by Crippen LogP contribution is 1.92. The summed E-state index contributed by atoms with van der Waals surface area (Å²) in [6, 6.07) is 0. The minimum absolute atomic E-state index is 0.750. The van der Waals surface area contributed by atoms with Gasteiger partial charge in [0.05, 0.1) is 0 Å². The fraction of sp³-hybridized carbons (Fsp3) is 0.250. The first-order valence-electron chi connectivity index (χ1n) is 1.90. The normalized spacial score (nSPS) is 6.56. The maximum Gasteiger partial charge on any atom is 0.503 e. The number of carbonyl (C=O) groups is 1. The van der Waals surface area contributed by atoms with Gasteiger partial charge in [-0.15, -0.1) is 0 Å². The number of allylic oxidation sites excluding steroid dienone is 1. The molecule has 0 radical (unpaired) electrons. The van der Waals surface area contributed by atoms with Crippen LogP contribution in [0.4, 0.5) is 13.6 Å². The van der Waals surface area contributed by atoms with Crippen molar-refractivity contribution in [2.45, 2.75) is 6.92 Å². The molecular weight excluding hydrogens is 134 g/mol. The Morgan fingerprint density at radius 2 is 1.56 bits per heavy atom. The molecule has 2 N–H and O–H groups in total. The summed E-state index contributed by atoms with van der Waals surface area (Å²) in [7, 11) is 0. The number of hydrogen-bond acceptors (Lipinski definition) is 1. The van der Waals surface area contributed by atoms with Crippen LogP contribution in [0.15, 0.2) is 12.2 Å². The van der Waals surface area contributed by atoms with Crippen LogP contribution in [-0.4, -0.2) is 16.4 Å². The van der Waals surface area contributed by atoms with Crippen molar-refractivity contribution < 1.29 is 23.8 Å². The van der Waals surface area contributed by atoms with Crippen LogP contribution >= 0.6 is 0 Å². The maximum atomic E-state index is 10.6. The smallest absolute Gasteiger partial charge is 0.450 e. The monoisotopic (exact) mass is 140 g/mol. The quantitative estimate of drug-likeness (QED) is 0.541. The molecule has 0 amide bonds. The molecular formula is C4H6F2O3. The second-order valence-electron chi connectivity index (χ2n) is 0.861. The van der Waals surface area contributed by atoms with Gasteiger partial charge in [-0.1, -0.05) is 0 Å². The van der Waals surface area contributed by atoms with E-state index in [9.17, 15) is 8.78 Å². The Morgan fingerprint density at radius 1 is 1.44 bits per heavy atom. The molecule has 9 heavy (non-hydrogen) atoms. The predicted octanol–water partition coefficient (Wildman–Crippen LogP) is 2.01. The zero-order valence-electron chi connectivity index (χ0n) is 4.64. The van der Waals surface area contributed by atoms with Gasteiger partial charge in [-0.2, -0.15) is 8.78 Å². The van der Waals surface area contributed by atoms with Crippen LogP contribution in [0.5, 0.6) is 0 Å². The lowest BCUT2D eigenvalue weighted by Crippen LogP contribution is -1.81. The lowest BCUT2D eigenvalue weighted by molar-refractivity contribution is 0.137. The van der Waals surface area contributed by atoms with E-state index in [-0.39, 0.29) is 0 Å². The molecule has 0 heterocycles. The molecule has 0 aliphatic heterocycles. The van der Waals surface area contributed by atoms with Gasteiger partial charge in [-0.05, 0) is 13.0 Å². The van der Waals surface area contributed by atoms with E-state index in [1.807, 2.05) is 0 Å². The van der Waals surface area contributed by atoms with Gasteiger partial charge in [0.15, 0.2) is 0 Å². The van der Waals surface area contributed by atoms with E-state index in [2.05, 4.69) is 0 Å². The Labute approximate surface area is 50.2 Å². The molecule has 0 rings (SSSR count). The van der Waals surface area contributed by atoms with Crippen LogP contribution in [0, 0.1) is 0 Å². The van der Waals surface area contributed by atoms with Crippen molar-refractivity contribution in [2.75, 3.05) is 0 Å². The minimum Gasteiger partial charge on any atom is -0.450 e. The zero-order valence-corrected chi connectivity index (χ0v) is 4.64. The number of carboxylic acid groups (broad SMARTS) is 2. The van der Waals surface area contributed by atoms with Gasteiger partial charge in [0, 0.05) is 0 Å². The van der Waals surface area contributed by atoms with Crippen LogP contribution in [0.3, 0.4) is 0 Å². The second kappa shape index (κ2) is 6.87. The molecule has 0 unspecified atom stereocenters. The molecule has 0 aromatic rings. The molecule has 0 bridgehead atoms. The third-order valence-corrected chi connectivity index (χ3v) is 0.218. The fourth-order valence-corrected chi connectivity index (χ4v) is 0. The molecule has 0 saturated heterocycles. The van der Waals surface area contributed by atoms with Gasteiger partial charge in [-0.25, -0.2) is 4.79 Å². The van der Waals surface area contributed by atoms with Crippen LogP contribution < -0.4 is 0 Å².